The predicted molar refractivity (Wildman–Crippen MR) is 70.1 cm³/mol. The Balaban J connectivity index is 1.67. The Morgan fingerprint density at radius 3 is 3.00 bits per heavy atom. The minimum atomic E-state index is 0.815. The number of nitrogens with zero attached hydrogens (tertiary/aromatic N) is 2. The first-order valence-electron chi connectivity index (χ1n) is 6.48. The van der Waals surface area contributed by atoms with E-state index in [-0.39, 0.29) is 0 Å². The second-order valence-electron chi connectivity index (χ2n) is 4.92. The molecule has 1 fully saturated rings. The molecule has 0 radical (unpaired) electrons. The Bertz CT molecular complexity index is 511. The quantitative estimate of drug-likeness (QED) is 0.797. The molecule has 1 saturated carbocycles. The fraction of sp³-hybridized carbons (Fsp3) is 0.500. The third-order valence-electron chi connectivity index (χ3n) is 3.44. The van der Waals surface area contributed by atoms with Crippen molar-refractivity contribution in [3.8, 4) is 0 Å². The van der Waals surface area contributed by atoms with Crippen LogP contribution in [0.5, 0.6) is 0 Å². The molecule has 3 heteroatoms. The van der Waals surface area contributed by atoms with E-state index in [9.17, 15) is 0 Å². The van der Waals surface area contributed by atoms with Gasteiger partial charge in [0.05, 0.1) is 11.2 Å². The fourth-order valence-corrected chi connectivity index (χ4v) is 2.32. The molecule has 1 aliphatic rings. The molecule has 1 N–H and O–H groups in total. The summed E-state index contributed by atoms with van der Waals surface area (Å²) in [5.74, 6) is 0. The van der Waals surface area contributed by atoms with E-state index >= 15 is 0 Å². The van der Waals surface area contributed by atoms with Crippen molar-refractivity contribution in [2.75, 3.05) is 6.54 Å². The minimum absolute atomic E-state index is 0.815. The van der Waals surface area contributed by atoms with Crippen LogP contribution in [0.2, 0.25) is 0 Å². The van der Waals surface area contributed by atoms with Crippen molar-refractivity contribution in [2.45, 2.75) is 31.7 Å². The van der Waals surface area contributed by atoms with E-state index in [4.69, 9.17) is 0 Å². The summed E-state index contributed by atoms with van der Waals surface area (Å²) in [4.78, 5) is 0. The summed E-state index contributed by atoms with van der Waals surface area (Å²) in [6.07, 6.45) is 4.98. The van der Waals surface area contributed by atoms with Crippen LogP contribution < -0.4 is 5.32 Å². The molecule has 90 valence electrons. The third-order valence-corrected chi connectivity index (χ3v) is 3.44. The van der Waals surface area contributed by atoms with Crippen molar-refractivity contribution in [3.05, 3.63) is 30.0 Å². The zero-order valence-corrected chi connectivity index (χ0v) is 10.3. The highest BCUT2D eigenvalue weighted by Gasteiger charge is 2.19. The Morgan fingerprint density at radius 1 is 1.35 bits per heavy atom. The number of nitrogens with one attached hydrogen (secondary N) is 1. The molecule has 3 rings (SSSR count). The van der Waals surface area contributed by atoms with E-state index in [1.54, 1.807) is 0 Å². The molecular weight excluding hydrogens is 210 g/mol. The summed E-state index contributed by atoms with van der Waals surface area (Å²) in [6.45, 7) is 1.12. The molecule has 0 saturated heterocycles. The van der Waals surface area contributed by atoms with Gasteiger partial charge in [-0.3, -0.25) is 4.68 Å². The fourth-order valence-electron chi connectivity index (χ4n) is 2.32. The molecule has 0 unspecified atom stereocenters. The van der Waals surface area contributed by atoms with Gasteiger partial charge in [-0.05, 0) is 38.3 Å². The molecule has 2 aromatic rings. The summed E-state index contributed by atoms with van der Waals surface area (Å²) in [7, 11) is 2.02. The van der Waals surface area contributed by atoms with Gasteiger partial charge in [0.1, 0.15) is 0 Å². The number of para-hydroxylation sites is 1. The van der Waals surface area contributed by atoms with Crippen molar-refractivity contribution in [1.29, 1.82) is 0 Å². The molecule has 1 heterocycles. The smallest absolute Gasteiger partial charge is 0.0703 e. The van der Waals surface area contributed by atoms with Gasteiger partial charge in [-0.2, -0.15) is 5.10 Å². The van der Waals surface area contributed by atoms with E-state index < -0.39 is 0 Å². The number of benzene rings is 1. The molecular formula is C14H19N3. The van der Waals surface area contributed by atoms with Gasteiger partial charge < -0.3 is 5.32 Å². The first-order valence-corrected chi connectivity index (χ1v) is 6.48. The predicted octanol–water partition coefficient (Wildman–Crippen LogP) is 2.26. The van der Waals surface area contributed by atoms with Gasteiger partial charge in [0, 0.05) is 18.5 Å². The SMILES string of the molecule is Cn1nc(CCCNC2CC2)c2ccccc21. The maximum atomic E-state index is 4.61. The third kappa shape index (κ3) is 2.34. The van der Waals surface area contributed by atoms with E-state index in [1.807, 2.05) is 11.7 Å². The summed E-state index contributed by atoms with van der Waals surface area (Å²) in [6, 6.07) is 9.29. The van der Waals surface area contributed by atoms with Crippen molar-refractivity contribution < 1.29 is 0 Å². The number of fused-ring (bicyclic) bond motifs is 1. The molecule has 0 spiro atoms. The van der Waals surface area contributed by atoms with Crippen molar-refractivity contribution in [1.82, 2.24) is 15.1 Å². The molecule has 0 bridgehead atoms. The van der Waals surface area contributed by atoms with Crippen LogP contribution in [0, 0.1) is 0 Å². The van der Waals surface area contributed by atoms with Gasteiger partial charge in [0.2, 0.25) is 0 Å². The summed E-state index contributed by atoms with van der Waals surface area (Å²) < 4.78 is 1.99. The summed E-state index contributed by atoms with van der Waals surface area (Å²) in [5.41, 5.74) is 2.47. The lowest BCUT2D eigenvalue weighted by atomic mass is 10.1. The lowest BCUT2D eigenvalue weighted by molar-refractivity contribution is 0.636. The Kier molecular flexibility index (Phi) is 2.85. The number of hydrogen-bond acceptors (Lipinski definition) is 2. The standard InChI is InChI=1S/C14H19N3/c1-17-14-7-3-2-5-12(14)13(16-17)6-4-10-15-11-8-9-11/h2-3,5,7,11,15H,4,6,8-10H2,1H3. The van der Waals surface area contributed by atoms with Gasteiger partial charge in [-0.15, -0.1) is 0 Å². The minimum Gasteiger partial charge on any atom is -0.314 e. The van der Waals surface area contributed by atoms with Crippen LogP contribution in [0.4, 0.5) is 0 Å². The van der Waals surface area contributed by atoms with Crippen LogP contribution in [0.15, 0.2) is 24.3 Å². The van der Waals surface area contributed by atoms with E-state index in [0.717, 1.165) is 19.0 Å². The molecule has 0 aliphatic heterocycles. The average Bonchev–Trinajstić information content (AvgIpc) is 3.12. The number of rotatable bonds is 5. The maximum absolute atomic E-state index is 4.61. The second-order valence-corrected chi connectivity index (χ2v) is 4.92. The Morgan fingerprint density at radius 2 is 2.18 bits per heavy atom. The molecule has 1 aromatic heterocycles. The van der Waals surface area contributed by atoms with E-state index in [0.29, 0.717) is 0 Å². The van der Waals surface area contributed by atoms with Gasteiger partial charge in [0.15, 0.2) is 0 Å². The average molecular weight is 229 g/mol. The van der Waals surface area contributed by atoms with Crippen LogP contribution in [-0.2, 0) is 13.5 Å². The first kappa shape index (κ1) is 10.8. The summed E-state index contributed by atoms with van der Waals surface area (Å²) in [5, 5.41) is 9.46. The number of hydrogen-bond donors (Lipinski definition) is 1. The molecule has 1 aromatic carbocycles. The maximum Gasteiger partial charge on any atom is 0.0703 e. The monoisotopic (exact) mass is 229 g/mol. The molecule has 3 nitrogen and oxygen atoms in total. The highest BCUT2D eigenvalue weighted by atomic mass is 15.3. The largest absolute Gasteiger partial charge is 0.314 e. The lowest BCUT2D eigenvalue weighted by Gasteiger charge is -2.00. The number of aromatic nitrogens is 2. The highest BCUT2D eigenvalue weighted by molar-refractivity contribution is 5.81. The van der Waals surface area contributed by atoms with Crippen LogP contribution >= 0.6 is 0 Å². The van der Waals surface area contributed by atoms with Crippen LogP contribution in [0.1, 0.15) is 25.0 Å². The van der Waals surface area contributed by atoms with Crippen molar-refractivity contribution >= 4 is 10.9 Å². The van der Waals surface area contributed by atoms with Gasteiger partial charge in [-0.25, -0.2) is 0 Å². The summed E-state index contributed by atoms with van der Waals surface area (Å²) >= 11 is 0. The van der Waals surface area contributed by atoms with Crippen LogP contribution in [0.25, 0.3) is 10.9 Å². The zero-order valence-electron chi connectivity index (χ0n) is 10.3. The van der Waals surface area contributed by atoms with Gasteiger partial charge >= 0.3 is 0 Å². The van der Waals surface area contributed by atoms with E-state index in [1.165, 1.54) is 35.9 Å². The van der Waals surface area contributed by atoms with Crippen LogP contribution in [-0.4, -0.2) is 22.4 Å². The number of aryl methyl sites for hydroxylation is 2. The van der Waals surface area contributed by atoms with Gasteiger partial charge in [-0.1, -0.05) is 18.2 Å². The molecule has 0 atom stereocenters. The van der Waals surface area contributed by atoms with Crippen molar-refractivity contribution in [3.63, 3.8) is 0 Å². The highest BCUT2D eigenvalue weighted by Crippen LogP contribution is 2.20. The second kappa shape index (κ2) is 4.49. The van der Waals surface area contributed by atoms with Crippen LogP contribution in [0.3, 0.4) is 0 Å². The molecule has 17 heavy (non-hydrogen) atoms. The first-order chi connectivity index (χ1) is 8.34. The molecule has 0 amide bonds. The topological polar surface area (TPSA) is 29.9 Å². The normalized spacial score (nSPS) is 15.6. The molecule has 1 aliphatic carbocycles. The Hall–Kier alpha value is -1.35. The zero-order chi connectivity index (χ0) is 11.7. The van der Waals surface area contributed by atoms with Crippen molar-refractivity contribution in [2.24, 2.45) is 7.05 Å². The lowest BCUT2D eigenvalue weighted by Crippen LogP contribution is -2.17. The Labute approximate surface area is 102 Å². The van der Waals surface area contributed by atoms with E-state index in [2.05, 4.69) is 34.7 Å². The van der Waals surface area contributed by atoms with Gasteiger partial charge in [0.25, 0.3) is 0 Å².